The maximum atomic E-state index is 13.1. The molecule has 1 heterocycles. The van der Waals surface area contributed by atoms with E-state index in [0.29, 0.717) is 12.1 Å². The second-order valence-electron chi connectivity index (χ2n) is 6.94. The number of sulfone groups is 1. The predicted octanol–water partition coefficient (Wildman–Crippen LogP) is 3.44. The van der Waals surface area contributed by atoms with Crippen molar-refractivity contribution >= 4 is 15.7 Å². The molecule has 1 fully saturated rings. The van der Waals surface area contributed by atoms with Crippen molar-refractivity contribution in [1.29, 1.82) is 0 Å². The molecule has 1 spiro atoms. The molecule has 1 amide bonds. The van der Waals surface area contributed by atoms with E-state index in [1.165, 1.54) is 0 Å². The summed E-state index contributed by atoms with van der Waals surface area (Å²) in [5, 5.41) is 0. The van der Waals surface area contributed by atoms with E-state index in [0.717, 1.165) is 38.6 Å². The molecule has 0 aromatic heterocycles. The van der Waals surface area contributed by atoms with Gasteiger partial charge in [-0.05, 0) is 49.7 Å². The first-order valence-electron chi connectivity index (χ1n) is 8.73. The Morgan fingerprint density at radius 1 is 1.21 bits per heavy atom. The van der Waals surface area contributed by atoms with Gasteiger partial charge in [0.15, 0.2) is 9.84 Å². The van der Waals surface area contributed by atoms with E-state index >= 15 is 0 Å². The van der Waals surface area contributed by atoms with Gasteiger partial charge in [-0.3, -0.25) is 4.79 Å². The minimum Gasteiger partial charge on any atom is -0.338 e. The zero-order chi connectivity index (χ0) is 17.2. The first-order chi connectivity index (χ1) is 11.5. The van der Waals surface area contributed by atoms with Crippen molar-refractivity contribution in [2.45, 2.75) is 43.9 Å². The monoisotopic (exact) mass is 347 g/mol. The van der Waals surface area contributed by atoms with Gasteiger partial charge < -0.3 is 4.90 Å². The summed E-state index contributed by atoms with van der Waals surface area (Å²) in [6.45, 7) is 3.06. The van der Waals surface area contributed by atoms with Crippen molar-refractivity contribution in [3.63, 3.8) is 0 Å². The number of likely N-dealkylation sites (tertiary alicyclic amines) is 1. The molecule has 1 atom stereocenters. The lowest BCUT2D eigenvalue weighted by molar-refractivity contribution is 0.0481. The van der Waals surface area contributed by atoms with Crippen LogP contribution in [0.3, 0.4) is 0 Å². The molecule has 130 valence electrons. The summed E-state index contributed by atoms with van der Waals surface area (Å²) < 4.78 is 24.6. The normalized spacial score (nSPS) is 24.3. The van der Waals surface area contributed by atoms with Gasteiger partial charge in [0, 0.05) is 13.1 Å². The number of allylic oxidation sites excluding steroid dienone is 2. The number of amides is 1. The topological polar surface area (TPSA) is 54.5 Å². The fourth-order valence-electron chi connectivity index (χ4n) is 3.94. The minimum absolute atomic E-state index is 0.00598. The predicted molar refractivity (Wildman–Crippen MR) is 94.7 cm³/mol. The molecule has 1 aromatic carbocycles. The smallest absolute Gasteiger partial charge is 0.255 e. The number of rotatable bonds is 3. The lowest BCUT2D eigenvalue weighted by Gasteiger charge is -2.44. The summed E-state index contributed by atoms with van der Waals surface area (Å²) in [4.78, 5) is 15.1. The van der Waals surface area contributed by atoms with Crippen LogP contribution in [0.5, 0.6) is 0 Å². The number of carbonyl (C=O) groups is 1. The lowest BCUT2D eigenvalue weighted by atomic mass is 9.71. The first kappa shape index (κ1) is 17.2. The third-order valence-electron chi connectivity index (χ3n) is 5.34. The van der Waals surface area contributed by atoms with Crippen molar-refractivity contribution in [3.8, 4) is 0 Å². The number of hydrogen-bond donors (Lipinski definition) is 0. The van der Waals surface area contributed by atoms with Gasteiger partial charge >= 0.3 is 0 Å². The minimum atomic E-state index is -3.40. The van der Waals surface area contributed by atoms with Gasteiger partial charge in [-0.1, -0.05) is 31.2 Å². The summed E-state index contributed by atoms with van der Waals surface area (Å²) in [7, 11) is -3.40. The second-order valence-corrected chi connectivity index (χ2v) is 9.19. The number of nitrogens with zero attached hydrogens (tertiary/aromatic N) is 1. The summed E-state index contributed by atoms with van der Waals surface area (Å²) in [5.41, 5.74) is 0.504. The zero-order valence-corrected chi connectivity index (χ0v) is 15.0. The standard InChI is InChI=1S/C19H25NO3S/c1-2-24(22,23)17-10-5-4-9-16(17)18(21)20-14-8-13-19(15-20)11-6-3-7-12-19/h3-6,9-10H,2,7-8,11-15H2,1H3/t19-/m0/s1. The van der Waals surface area contributed by atoms with Crippen LogP contribution in [0.4, 0.5) is 0 Å². The van der Waals surface area contributed by atoms with E-state index in [4.69, 9.17) is 0 Å². The van der Waals surface area contributed by atoms with Crippen LogP contribution < -0.4 is 0 Å². The van der Waals surface area contributed by atoms with E-state index in [-0.39, 0.29) is 22.0 Å². The quantitative estimate of drug-likeness (QED) is 0.787. The van der Waals surface area contributed by atoms with E-state index < -0.39 is 9.84 Å². The Hall–Kier alpha value is -1.62. The Kier molecular flexibility index (Phi) is 4.81. The molecule has 24 heavy (non-hydrogen) atoms. The average molecular weight is 347 g/mol. The van der Waals surface area contributed by atoms with Gasteiger partial charge in [0.1, 0.15) is 0 Å². The third kappa shape index (κ3) is 3.27. The molecule has 4 nitrogen and oxygen atoms in total. The highest BCUT2D eigenvalue weighted by Gasteiger charge is 2.37. The highest BCUT2D eigenvalue weighted by atomic mass is 32.2. The molecule has 1 aromatic rings. The Balaban J connectivity index is 1.88. The van der Waals surface area contributed by atoms with Crippen molar-refractivity contribution in [3.05, 3.63) is 42.0 Å². The van der Waals surface area contributed by atoms with E-state index in [2.05, 4.69) is 12.2 Å². The Morgan fingerprint density at radius 2 is 2.00 bits per heavy atom. The number of benzene rings is 1. The maximum Gasteiger partial charge on any atom is 0.255 e. The largest absolute Gasteiger partial charge is 0.338 e. The molecule has 2 aliphatic rings. The highest BCUT2D eigenvalue weighted by Crippen LogP contribution is 2.41. The van der Waals surface area contributed by atoms with Crippen LogP contribution in [0.25, 0.3) is 0 Å². The van der Waals surface area contributed by atoms with Crippen LogP contribution >= 0.6 is 0 Å². The summed E-state index contributed by atoms with van der Waals surface area (Å²) >= 11 is 0. The highest BCUT2D eigenvalue weighted by molar-refractivity contribution is 7.91. The van der Waals surface area contributed by atoms with Crippen LogP contribution in [0.1, 0.15) is 49.4 Å². The Labute approximate surface area is 144 Å². The SMILES string of the molecule is CCS(=O)(=O)c1ccccc1C(=O)N1CCC[C@@]2(CC=CCC2)C1. The third-order valence-corrected chi connectivity index (χ3v) is 7.13. The van der Waals surface area contributed by atoms with Crippen LogP contribution in [-0.2, 0) is 9.84 Å². The van der Waals surface area contributed by atoms with E-state index in [9.17, 15) is 13.2 Å². The van der Waals surface area contributed by atoms with Crippen molar-refractivity contribution in [2.24, 2.45) is 5.41 Å². The van der Waals surface area contributed by atoms with Gasteiger partial charge in [-0.25, -0.2) is 8.42 Å². The summed E-state index contributed by atoms with van der Waals surface area (Å²) in [5.74, 6) is -0.136. The molecular formula is C19H25NO3S. The van der Waals surface area contributed by atoms with Crippen LogP contribution in [0.15, 0.2) is 41.3 Å². The molecule has 1 aliphatic heterocycles. The fraction of sp³-hybridized carbons (Fsp3) is 0.526. The van der Waals surface area contributed by atoms with Gasteiger partial charge in [-0.2, -0.15) is 0 Å². The molecule has 0 bridgehead atoms. The van der Waals surface area contributed by atoms with Crippen molar-refractivity contribution in [1.82, 2.24) is 4.90 Å². The van der Waals surface area contributed by atoms with Gasteiger partial charge in [0.2, 0.25) is 0 Å². The molecule has 1 saturated heterocycles. The van der Waals surface area contributed by atoms with Gasteiger partial charge in [0.25, 0.3) is 5.91 Å². The number of carbonyl (C=O) groups excluding carboxylic acids is 1. The summed E-state index contributed by atoms with van der Waals surface area (Å²) in [6.07, 6.45) is 9.79. The molecule has 5 heteroatoms. The van der Waals surface area contributed by atoms with Crippen LogP contribution in [0.2, 0.25) is 0 Å². The average Bonchev–Trinajstić information content (AvgIpc) is 2.62. The molecule has 0 radical (unpaired) electrons. The van der Waals surface area contributed by atoms with Crippen LogP contribution in [0, 0.1) is 5.41 Å². The fourth-order valence-corrected chi connectivity index (χ4v) is 5.02. The van der Waals surface area contributed by atoms with E-state index in [1.807, 2.05) is 4.90 Å². The molecule has 0 saturated carbocycles. The zero-order valence-electron chi connectivity index (χ0n) is 14.2. The summed E-state index contributed by atoms with van der Waals surface area (Å²) in [6, 6.07) is 6.62. The first-order valence-corrected chi connectivity index (χ1v) is 10.4. The molecular weight excluding hydrogens is 322 g/mol. The Bertz CT molecular complexity index is 754. The van der Waals surface area contributed by atoms with Gasteiger partial charge in [0.05, 0.1) is 16.2 Å². The molecule has 0 N–H and O–H groups in total. The number of piperidine rings is 1. The molecule has 1 aliphatic carbocycles. The van der Waals surface area contributed by atoms with E-state index in [1.54, 1.807) is 31.2 Å². The van der Waals surface area contributed by atoms with Crippen molar-refractivity contribution < 1.29 is 13.2 Å². The number of hydrogen-bond acceptors (Lipinski definition) is 3. The lowest BCUT2D eigenvalue weighted by Crippen LogP contribution is -2.46. The molecule has 3 rings (SSSR count). The Morgan fingerprint density at radius 3 is 2.71 bits per heavy atom. The van der Waals surface area contributed by atoms with Gasteiger partial charge in [-0.15, -0.1) is 0 Å². The second kappa shape index (κ2) is 6.71. The molecule has 0 unspecified atom stereocenters. The maximum absolute atomic E-state index is 13.1. The van der Waals surface area contributed by atoms with Crippen molar-refractivity contribution in [2.75, 3.05) is 18.8 Å². The van der Waals surface area contributed by atoms with Crippen LogP contribution in [-0.4, -0.2) is 38.1 Å².